The highest BCUT2D eigenvalue weighted by Crippen LogP contribution is 1.98. The first-order chi connectivity index (χ1) is 8.72. The van der Waals surface area contributed by atoms with E-state index in [1.807, 2.05) is 0 Å². The fourth-order valence-electron chi connectivity index (χ4n) is 1.47. The molecule has 0 rings (SSSR count). The van der Waals surface area contributed by atoms with Crippen LogP contribution in [-0.4, -0.2) is 45.4 Å². The van der Waals surface area contributed by atoms with E-state index in [0.29, 0.717) is 26.4 Å². The normalized spacial score (nSPS) is 12.4. The van der Waals surface area contributed by atoms with Crippen LogP contribution in [0.2, 0.25) is 0 Å². The number of ether oxygens (including phenoxy) is 2. The van der Waals surface area contributed by atoms with E-state index >= 15 is 0 Å². The van der Waals surface area contributed by atoms with Gasteiger partial charge >= 0.3 is 0 Å². The summed E-state index contributed by atoms with van der Waals surface area (Å²) in [6, 6.07) is -0.358. The van der Waals surface area contributed by atoms with E-state index in [9.17, 15) is 4.79 Å². The highest BCUT2D eigenvalue weighted by molar-refractivity contribution is 5.81. The van der Waals surface area contributed by atoms with Gasteiger partial charge < -0.3 is 20.5 Å². The monoisotopic (exact) mass is 260 g/mol. The third-order valence-electron chi connectivity index (χ3n) is 2.65. The number of carbonyl (C=O) groups excluding carboxylic acids is 1. The second kappa shape index (κ2) is 12.8. The SMILES string of the molecule is CCCCC(N)C(=O)NCCCCOCCOC. The van der Waals surface area contributed by atoms with Crippen molar-refractivity contribution >= 4 is 5.91 Å². The molecule has 3 N–H and O–H groups in total. The van der Waals surface area contributed by atoms with Crippen LogP contribution in [-0.2, 0) is 14.3 Å². The lowest BCUT2D eigenvalue weighted by atomic mass is 10.1. The van der Waals surface area contributed by atoms with E-state index < -0.39 is 0 Å². The van der Waals surface area contributed by atoms with E-state index in [4.69, 9.17) is 15.2 Å². The van der Waals surface area contributed by atoms with Crippen LogP contribution >= 0.6 is 0 Å². The number of hydrogen-bond acceptors (Lipinski definition) is 4. The standard InChI is InChI=1S/C13H28N2O3/c1-3-4-7-12(14)13(16)15-8-5-6-9-18-11-10-17-2/h12H,3-11,14H2,1-2H3,(H,15,16). The van der Waals surface area contributed by atoms with Gasteiger partial charge in [-0.15, -0.1) is 0 Å². The van der Waals surface area contributed by atoms with Crippen molar-refractivity contribution < 1.29 is 14.3 Å². The van der Waals surface area contributed by atoms with Gasteiger partial charge in [-0.3, -0.25) is 4.79 Å². The molecule has 0 aliphatic carbocycles. The molecule has 0 aliphatic heterocycles. The van der Waals surface area contributed by atoms with Gasteiger partial charge in [-0.1, -0.05) is 19.8 Å². The van der Waals surface area contributed by atoms with E-state index in [0.717, 1.165) is 32.1 Å². The molecule has 5 nitrogen and oxygen atoms in total. The molecule has 0 aromatic carbocycles. The number of amides is 1. The molecule has 1 amide bonds. The molecule has 0 fully saturated rings. The molecule has 1 atom stereocenters. The second-order valence-electron chi connectivity index (χ2n) is 4.35. The van der Waals surface area contributed by atoms with Crippen LogP contribution in [0.5, 0.6) is 0 Å². The van der Waals surface area contributed by atoms with E-state index in [2.05, 4.69) is 12.2 Å². The quantitative estimate of drug-likeness (QED) is 0.515. The van der Waals surface area contributed by atoms with Gasteiger partial charge in [-0.2, -0.15) is 0 Å². The molecular weight excluding hydrogens is 232 g/mol. The van der Waals surface area contributed by atoms with Crippen molar-refractivity contribution in [3.8, 4) is 0 Å². The minimum Gasteiger partial charge on any atom is -0.382 e. The van der Waals surface area contributed by atoms with E-state index in [1.54, 1.807) is 7.11 Å². The summed E-state index contributed by atoms with van der Waals surface area (Å²) in [5.74, 6) is -0.0382. The number of carbonyl (C=O) groups is 1. The first-order valence-corrected chi connectivity index (χ1v) is 6.82. The van der Waals surface area contributed by atoms with Crippen molar-refractivity contribution in [2.24, 2.45) is 5.73 Å². The minimum atomic E-state index is -0.358. The molecule has 0 aliphatic rings. The molecule has 18 heavy (non-hydrogen) atoms. The molecule has 0 aromatic rings. The largest absolute Gasteiger partial charge is 0.382 e. The van der Waals surface area contributed by atoms with Crippen LogP contribution in [0.25, 0.3) is 0 Å². The Balaban J connectivity index is 3.29. The van der Waals surface area contributed by atoms with Gasteiger partial charge in [0.1, 0.15) is 0 Å². The van der Waals surface area contributed by atoms with Crippen LogP contribution in [0.3, 0.4) is 0 Å². The van der Waals surface area contributed by atoms with E-state index in [1.165, 1.54) is 0 Å². The summed E-state index contributed by atoms with van der Waals surface area (Å²) >= 11 is 0. The third kappa shape index (κ3) is 10.5. The predicted molar refractivity (Wildman–Crippen MR) is 72.4 cm³/mol. The lowest BCUT2D eigenvalue weighted by molar-refractivity contribution is -0.122. The maximum atomic E-state index is 11.5. The summed E-state index contributed by atoms with van der Waals surface area (Å²) in [6.07, 6.45) is 4.69. The predicted octanol–water partition coefficient (Wildman–Crippen LogP) is 1.06. The average Bonchev–Trinajstić information content (AvgIpc) is 2.38. The zero-order chi connectivity index (χ0) is 13.6. The fourth-order valence-corrected chi connectivity index (χ4v) is 1.47. The number of unbranched alkanes of at least 4 members (excludes halogenated alkanes) is 2. The summed E-state index contributed by atoms with van der Waals surface area (Å²) in [7, 11) is 1.65. The molecule has 5 heteroatoms. The number of nitrogens with two attached hydrogens (primary N) is 1. The molecule has 0 aromatic heterocycles. The Kier molecular flexibility index (Phi) is 12.3. The van der Waals surface area contributed by atoms with Crippen molar-refractivity contribution in [3.63, 3.8) is 0 Å². The van der Waals surface area contributed by atoms with Crippen LogP contribution < -0.4 is 11.1 Å². The summed E-state index contributed by atoms with van der Waals surface area (Å²) in [6.45, 7) is 4.73. The fraction of sp³-hybridized carbons (Fsp3) is 0.923. The molecule has 0 saturated heterocycles. The summed E-state index contributed by atoms with van der Waals surface area (Å²) in [4.78, 5) is 11.5. The lowest BCUT2D eigenvalue weighted by Gasteiger charge is -2.11. The first kappa shape index (κ1) is 17.4. The van der Waals surface area contributed by atoms with Gasteiger partial charge in [0.05, 0.1) is 19.3 Å². The van der Waals surface area contributed by atoms with Gasteiger partial charge in [0, 0.05) is 20.3 Å². The Hall–Kier alpha value is -0.650. The summed E-state index contributed by atoms with van der Waals surface area (Å²) in [5, 5.41) is 2.85. The van der Waals surface area contributed by atoms with Gasteiger partial charge in [-0.25, -0.2) is 0 Å². The Morgan fingerprint density at radius 2 is 2.00 bits per heavy atom. The molecule has 108 valence electrons. The van der Waals surface area contributed by atoms with Crippen molar-refractivity contribution in [2.45, 2.75) is 45.1 Å². The summed E-state index contributed by atoms with van der Waals surface area (Å²) in [5.41, 5.74) is 5.75. The third-order valence-corrected chi connectivity index (χ3v) is 2.65. The number of rotatable bonds is 12. The minimum absolute atomic E-state index is 0.0382. The van der Waals surface area contributed by atoms with Gasteiger partial charge in [0.2, 0.25) is 5.91 Å². The first-order valence-electron chi connectivity index (χ1n) is 6.82. The van der Waals surface area contributed by atoms with Gasteiger partial charge in [-0.05, 0) is 19.3 Å². The van der Waals surface area contributed by atoms with Crippen LogP contribution in [0.4, 0.5) is 0 Å². The van der Waals surface area contributed by atoms with Crippen LogP contribution in [0.15, 0.2) is 0 Å². The maximum Gasteiger partial charge on any atom is 0.236 e. The number of nitrogens with one attached hydrogen (secondary N) is 1. The zero-order valence-electron chi connectivity index (χ0n) is 11.7. The van der Waals surface area contributed by atoms with Gasteiger partial charge in [0.15, 0.2) is 0 Å². The maximum absolute atomic E-state index is 11.5. The molecular formula is C13H28N2O3. The number of hydrogen-bond donors (Lipinski definition) is 2. The highest BCUT2D eigenvalue weighted by Gasteiger charge is 2.11. The van der Waals surface area contributed by atoms with Crippen LogP contribution in [0.1, 0.15) is 39.0 Å². The van der Waals surface area contributed by atoms with E-state index in [-0.39, 0.29) is 11.9 Å². The average molecular weight is 260 g/mol. The Labute approximate surface area is 110 Å². The van der Waals surface area contributed by atoms with Crippen molar-refractivity contribution in [1.29, 1.82) is 0 Å². The van der Waals surface area contributed by atoms with Crippen LogP contribution in [0, 0.1) is 0 Å². The Morgan fingerprint density at radius 3 is 2.67 bits per heavy atom. The van der Waals surface area contributed by atoms with Crippen molar-refractivity contribution in [2.75, 3.05) is 33.5 Å². The number of methoxy groups -OCH3 is 1. The topological polar surface area (TPSA) is 73.6 Å². The van der Waals surface area contributed by atoms with Crippen molar-refractivity contribution in [3.05, 3.63) is 0 Å². The molecule has 0 spiro atoms. The smallest absolute Gasteiger partial charge is 0.236 e. The molecule has 1 unspecified atom stereocenters. The molecule has 0 heterocycles. The molecule has 0 saturated carbocycles. The zero-order valence-corrected chi connectivity index (χ0v) is 11.7. The molecule has 0 bridgehead atoms. The highest BCUT2D eigenvalue weighted by atomic mass is 16.5. The second-order valence-corrected chi connectivity index (χ2v) is 4.35. The Bertz CT molecular complexity index is 201. The summed E-state index contributed by atoms with van der Waals surface area (Å²) < 4.78 is 10.2. The van der Waals surface area contributed by atoms with Crippen molar-refractivity contribution in [1.82, 2.24) is 5.32 Å². The Morgan fingerprint density at radius 1 is 1.22 bits per heavy atom. The van der Waals surface area contributed by atoms with Gasteiger partial charge in [0.25, 0.3) is 0 Å². The molecule has 0 radical (unpaired) electrons. The lowest BCUT2D eigenvalue weighted by Crippen LogP contribution is -2.40.